The molecule has 7 heteroatoms. The van der Waals surface area contributed by atoms with Crippen molar-refractivity contribution in [1.82, 2.24) is 25.1 Å². The first-order valence-corrected chi connectivity index (χ1v) is 10.5. The van der Waals surface area contributed by atoms with Crippen molar-refractivity contribution in [3.05, 3.63) is 24.5 Å². The number of carbonyl (C=O) groups excluding carboxylic acids is 1. The van der Waals surface area contributed by atoms with E-state index >= 15 is 0 Å². The topological polar surface area (TPSA) is 72.7 Å². The fourth-order valence-electron chi connectivity index (χ4n) is 4.98. The number of pyridine rings is 1. The van der Waals surface area contributed by atoms with Crippen molar-refractivity contribution in [3.63, 3.8) is 0 Å². The highest BCUT2D eigenvalue weighted by molar-refractivity contribution is 7.99. The number of aromatic nitrogens is 4. The number of nitrogens with zero attached hydrogens (tertiary/aromatic N) is 4. The number of fused-ring (bicyclic) bond motifs is 2. The minimum atomic E-state index is 0.0861. The first-order valence-electron chi connectivity index (χ1n) is 9.55. The second-order valence-corrected chi connectivity index (χ2v) is 9.56. The third kappa shape index (κ3) is 2.96. The van der Waals surface area contributed by atoms with Crippen LogP contribution in [0, 0.1) is 16.7 Å². The van der Waals surface area contributed by atoms with Gasteiger partial charge < -0.3 is 9.88 Å². The molecule has 1 N–H and O–H groups in total. The van der Waals surface area contributed by atoms with Gasteiger partial charge in [0.15, 0.2) is 11.0 Å². The molecule has 3 atom stereocenters. The Hall–Kier alpha value is -1.89. The monoisotopic (exact) mass is 385 g/mol. The lowest BCUT2D eigenvalue weighted by Gasteiger charge is -2.39. The Morgan fingerprint density at radius 3 is 2.67 bits per heavy atom. The van der Waals surface area contributed by atoms with E-state index in [9.17, 15) is 4.79 Å². The van der Waals surface area contributed by atoms with E-state index in [2.05, 4.69) is 41.3 Å². The Bertz CT molecular complexity index is 849. The average molecular weight is 386 g/mol. The minimum Gasteiger partial charge on any atom is -0.352 e. The molecule has 2 bridgehead atoms. The van der Waals surface area contributed by atoms with E-state index in [-0.39, 0.29) is 17.4 Å². The van der Waals surface area contributed by atoms with Gasteiger partial charge in [-0.1, -0.05) is 32.5 Å². The van der Waals surface area contributed by atoms with Crippen LogP contribution in [0.2, 0.25) is 0 Å². The van der Waals surface area contributed by atoms with Gasteiger partial charge in [0.2, 0.25) is 5.91 Å². The van der Waals surface area contributed by atoms with Crippen LogP contribution in [0.5, 0.6) is 0 Å². The predicted molar refractivity (Wildman–Crippen MR) is 106 cm³/mol. The molecule has 0 saturated heterocycles. The molecule has 6 nitrogen and oxygen atoms in total. The number of carbonyl (C=O) groups is 1. The normalized spacial score (nSPS) is 28.4. The molecule has 0 aromatic carbocycles. The van der Waals surface area contributed by atoms with Gasteiger partial charge in [-0.15, -0.1) is 10.2 Å². The van der Waals surface area contributed by atoms with E-state index in [4.69, 9.17) is 0 Å². The zero-order valence-corrected chi connectivity index (χ0v) is 17.2. The molecule has 2 aliphatic rings. The van der Waals surface area contributed by atoms with Crippen molar-refractivity contribution in [2.45, 2.75) is 51.2 Å². The summed E-state index contributed by atoms with van der Waals surface area (Å²) in [7, 11) is 1.93. The van der Waals surface area contributed by atoms with Gasteiger partial charge in [-0.05, 0) is 48.1 Å². The zero-order valence-electron chi connectivity index (χ0n) is 16.4. The molecule has 1 amide bonds. The molecule has 2 heterocycles. The first kappa shape index (κ1) is 18.5. The Labute approximate surface area is 164 Å². The molecule has 27 heavy (non-hydrogen) atoms. The Morgan fingerprint density at radius 1 is 1.30 bits per heavy atom. The van der Waals surface area contributed by atoms with E-state index in [1.54, 1.807) is 12.4 Å². The van der Waals surface area contributed by atoms with Gasteiger partial charge in [-0.2, -0.15) is 0 Å². The summed E-state index contributed by atoms with van der Waals surface area (Å²) in [6, 6.07) is 4.09. The summed E-state index contributed by atoms with van der Waals surface area (Å²) in [5.74, 6) is 1.95. The van der Waals surface area contributed by atoms with Crippen LogP contribution in [0.25, 0.3) is 11.4 Å². The summed E-state index contributed by atoms with van der Waals surface area (Å²) in [5, 5.41) is 12.6. The molecule has 0 spiro atoms. The lowest BCUT2D eigenvalue weighted by atomic mass is 9.69. The van der Waals surface area contributed by atoms with Gasteiger partial charge in [-0.25, -0.2) is 0 Å². The highest BCUT2D eigenvalue weighted by Crippen LogP contribution is 2.65. The maximum Gasteiger partial charge on any atom is 0.230 e. The summed E-state index contributed by atoms with van der Waals surface area (Å²) >= 11 is 1.43. The molecule has 0 radical (unpaired) electrons. The molecular weight excluding hydrogens is 358 g/mol. The maximum absolute atomic E-state index is 12.6. The summed E-state index contributed by atoms with van der Waals surface area (Å²) in [6.07, 6.45) is 7.09. The molecule has 2 saturated carbocycles. The zero-order chi connectivity index (χ0) is 19.2. The van der Waals surface area contributed by atoms with Crippen molar-refractivity contribution in [2.24, 2.45) is 23.8 Å². The molecule has 2 fully saturated rings. The largest absolute Gasteiger partial charge is 0.352 e. The fraction of sp³-hybridized carbons (Fsp3) is 0.600. The maximum atomic E-state index is 12.6. The van der Waals surface area contributed by atoms with E-state index in [0.29, 0.717) is 11.2 Å². The third-order valence-corrected chi connectivity index (χ3v) is 8.26. The molecular formula is C20H27N5OS. The van der Waals surface area contributed by atoms with Crippen LogP contribution in [0.4, 0.5) is 0 Å². The standard InChI is InChI=1S/C20H27N5OS/c1-19(2)14-5-8-20(19,3)15(11-14)22-16(26)12-27-18-24-23-17(25(18)4)13-6-9-21-10-7-13/h6-7,9-10,14-15H,5,8,11-12H2,1-4H3,(H,22,26). The van der Waals surface area contributed by atoms with Crippen molar-refractivity contribution >= 4 is 17.7 Å². The molecule has 2 aliphatic carbocycles. The summed E-state index contributed by atoms with van der Waals surface area (Å²) in [4.78, 5) is 16.6. The Balaban J connectivity index is 1.38. The number of rotatable bonds is 5. The van der Waals surface area contributed by atoms with Crippen LogP contribution in [0.3, 0.4) is 0 Å². The summed E-state index contributed by atoms with van der Waals surface area (Å²) < 4.78 is 1.93. The van der Waals surface area contributed by atoms with Crippen LogP contribution in [0.15, 0.2) is 29.7 Å². The number of hydrogen-bond acceptors (Lipinski definition) is 5. The highest BCUT2D eigenvalue weighted by Gasteiger charge is 2.61. The lowest BCUT2D eigenvalue weighted by molar-refractivity contribution is -0.120. The number of hydrogen-bond donors (Lipinski definition) is 1. The fourth-order valence-corrected chi connectivity index (χ4v) is 5.70. The van der Waals surface area contributed by atoms with Gasteiger partial charge in [0.05, 0.1) is 5.75 Å². The predicted octanol–water partition coefficient (Wildman–Crippen LogP) is 3.30. The van der Waals surface area contributed by atoms with E-state index in [0.717, 1.165) is 28.9 Å². The van der Waals surface area contributed by atoms with Gasteiger partial charge in [0.25, 0.3) is 0 Å². The lowest BCUT2D eigenvalue weighted by Crippen LogP contribution is -2.47. The van der Waals surface area contributed by atoms with E-state index < -0.39 is 0 Å². The molecule has 0 aliphatic heterocycles. The average Bonchev–Trinajstić information content (AvgIpc) is 3.18. The van der Waals surface area contributed by atoms with Crippen LogP contribution < -0.4 is 5.32 Å². The van der Waals surface area contributed by atoms with E-state index in [1.807, 2.05) is 23.7 Å². The van der Waals surface area contributed by atoms with Crippen molar-refractivity contribution in [1.29, 1.82) is 0 Å². The number of amides is 1. The van der Waals surface area contributed by atoms with Crippen molar-refractivity contribution < 1.29 is 4.79 Å². The smallest absolute Gasteiger partial charge is 0.230 e. The number of thioether (sulfide) groups is 1. The minimum absolute atomic E-state index is 0.0861. The first-order chi connectivity index (χ1) is 12.8. The molecule has 2 aromatic rings. The van der Waals surface area contributed by atoms with Gasteiger partial charge in [0, 0.05) is 31.0 Å². The molecule has 144 valence electrons. The van der Waals surface area contributed by atoms with Crippen LogP contribution in [-0.2, 0) is 11.8 Å². The van der Waals surface area contributed by atoms with Crippen LogP contribution in [0.1, 0.15) is 40.0 Å². The van der Waals surface area contributed by atoms with Gasteiger partial charge in [0.1, 0.15) is 0 Å². The molecule has 2 aromatic heterocycles. The SMILES string of the molecule is Cn1c(SCC(=O)NC2CC3CCC2(C)C3(C)C)nnc1-c1ccncc1. The van der Waals surface area contributed by atoms with Crippen LogP contribution in [-0.4, -0.2) is 37.5 Å². The summed E-state index contributed by atoms with van der Waals surface area (Å²) in [6.45, 7) is 7.08. The van der Waals surface area contributed by atoms with Gasteiger partial charge in [-0.3, -0.25) is 9.78 Å². The molecule has 3 unspecified atom stereocenters. The van der Waals surface area contributed by atoms with Crippen LogP contribution >= 0.6 is 11.8 Å². The van der Waals surface area contributed by atoms with Crippen molar-refractivity contribution in [3.8, 4) is 11.4 Å². The highest BCUT2D eigenvalue weighted by atomic mass is 32.2. The van der Waals surface area contributed by atoms with Gasteiger partial charge >= 0.3 is 0 Å². The Kier molecular flexibility index (Phi) is 4.53. The van der Waals surface area contributed by atoms with E-state index in [1.165, 1.54) is 24.6 Å². The second kappa shape index (κ2) is 6.62. The quantitative estimate of drug-likeness (QED) is 0.800. The Morgan fingerprint density at radius 2 is 2.04 bits per heavy atom. The summed E-state index contributed by atoms with van der Waals surface area (Å²) in [5.41, 5.74) is 1.48. The second-order valence-electron chi connectivity index (χ2n) is 8.62. The number of nitrogens with one attached hydrogen (secondary N) is 1. The molecule has 4 rings (SSSR count). The third-order valence-electron chi connectivity index (χ3n) is 7.24. The van der Waals surface area contributed by atoms with Crippen molar-refractivity contribution in [2.75, 3.05) is 5.75 Å².